The van der Waals surface area contributed by atoms with Crippen molar-refractivity contribution in [3.63, 3.8) is 0 Å². The molecule has 1 heterocycles. The van der Waals surface area contributed by atoms with Gasteiger partial charge in [-0.3, -0.25) is 4.79 Å². The molecule has 0 radical (unpaired) electrons. The molecular weight excluding hydrogens is 622 g/mol. The van der Waals surface area contributed by atoms with Crippen molar-refractivity contribution in [3.05, 3.63) is 0 Å². The van der Waals surface area contributed by atoms with Crippen molar-refractivity contribution in [2.75, 3.05) is 13.2 Å². The van der Waals surface area contributed by atoms with Crippen LogP contribution >= 0.6 is 0 Å². The van der Waals surface area contributed by atoms with E-state index in [4.69, 9.17) is 9.47 Å². The molecule has 0 aromatic rings. The predicted molar refractivity (Wildman–Crippen MR) is 198 cm³/mol. The molecule has 1 saturated heterocycles. The zero-order valence-corrected chi connectivity index (χ0v) is 31.7. The Hall–Kier alpha value is -0.810. The van der Waals surface area contributed by atoms with Crippen LogP contribution in [0.5, 0.6) is 0 Å². The Morgan fingerprint density at radius 3 is 1.45 bits per heavy atom. The zero-order valence-electron chi connectivity index (χ0n) is 31.7. The predicted octanol–water partition coefficient (Wildman–Crippen LogP) is 7.61. The number of aliphatic hydroxyl groups excluding tert-OH is 5. The number of carbonyl (C=O) groups excluding carboxylic acids is 1. The van der Waals surface area contributed by atoms with E-state index in [-0.39, 0.29) is 12.5 Å². The summed E-state index contributed by atoms with van der Waals surface area (Å²) < 4.78 is 11.2. The van der Waals surface area contributed by atoms with Gasteiger partial charge in [0.2, 0.25) is 5.91 Å². The van der Waals surface area contributed by atoms with Crippen molar-refractivity contribution in [3.8, 4) is 0 Å². The van der Waals surface area contributed by atoms with E-state index in [1.165, 1.54) is 128 Å². The maximum absolute atomic E-state index is 12.9. The Labute approximate surface area is 300 Å². The minimum absolute atomic E-state index is 0.132. The van der Waals surface area contributed by atoms with E-state index in [0.29, 0.717) is 12.8 Å². The van der Waals surface area contributed by atoms with Crippen LogP contribution < -0.4 is 5.32 Å². The molecule has 0 aromatic carbocycles. The maximum Gasteiger partial charge on any atom is 0.220 e. The number of ether oxygens (including phenoxy) is 2. The van der Waals surface area contributed by atoms with Crippen molar-refractivity contribution in [2.24, 2.45) is 0 Å². The molecule has 7 unspecified atom stereocenters. The molecule has 0 aromatic heterocycles. The van der Waals surface area contributed by atoms with Crippen LogP contribution in [0.15, 0.2) is 0 Å². The highest BCUT2D eigenvalue weighted by molar-refractivity contribution is 5.76. The molecular formula is C40H79NO8. The molecule has 1 aliphatic heterocycles. The first-order valence-electron chi connectivity index (χ1n) is 20.7. The first-order chi connectivity index (χ1) is 23.8. The number of nitrogens with one attached hydrogen (secondary N) is 1. The van der Waals surface area contributed by atoms with Crippen LogP contribution in [-0.2, 0) is 14.3 Å². The summed E-state index contributed by atoms with van der Waals surface area (Å²) in [5.74, 6) is -0.145. The summed E-state index contributed by atoms with van der Waals surface area (Å²) in [5.41, 5.74) is 0. The van der Waals surface area contributed by atoms with Gasteiger partial charge in [-0.05, 0) is 12.8 Å². The quantitative estimate of drug-likeness (QED) is 0.0376. The van der Waals surface area contributed by atoms with Crippen LogP contribution in [0.2, 0.25) is 0 Å². The van der Waals surface area contributed by atoms with Crippen LogP contribution in [0.4, 0.5) is 0 Å². The Bertz CT molecular complexity index is 741. The number of aliphatic hydroxyl groups is 5. The molecule has 49 heavy (non-hydrogen) atoms. The van der Waals surface area contributed by atoms with Crippen molar-refractivity contribution in [2.45, 2.75) is 236 Å². The van der Waals surface area contributed by atoms with Crippen molar-refractivity contribution >= 4 is 5.91 Å². The fraction of sp³-hybridized carbons (Fsp3) is 0.975. The molecule has 0 saturated carbocycles. The second-order valence-electron chi connectivity index (χ2n) is 14.8. The van der Waals surface area contributed by atoms with Gasteiger partial charge in [-0.2, -0.15) is 0 Å². The molecule has 0 spiro atoms. The van der Waals surface area contributed by atoms with Crippen LogP contribution in [0, 0.1) is 0 Å². The fourth-order valence-electron chi connectivity index (χ4n) is 6.81. The minimum atomic E-state index is -1.55. The van der Waals surface area contributed by atoms with Gasteiger partial charge in [-0.15, -0.1) is 0 Å². The van der Waals surface area contributed by atoms with Crippen LogP contribution in [-0.4, -0.2) is 87.5 Å². The number of unbranched alkanes of at least 4 members (excludes halogenated alkanes) is 24. The normalized spacial score (nSPS) is 22.3. The lowest BCUT2D eigenvalue weighted by atomic mass is 9.99. The first-order valence-corrected chi connectivity index (χ1v) is 20.7. The molecule has 1 aliphatic rings. The highest BCUT2D eigenvalue weighted by Gasteiger charge is 2.44. The summed E-state index contributed by atoms with van der Waals surface area (Å²) >= 11 is 0. The van der Waals surface area contributed by atoms with Crippen LogP contribution in [0.1, 0.15) is 194 Å². The van der Waals surface area contributed by atoms with Gasteiger partial charge in [-0.1, -0.05) is 174 Å². The molecule has 6 N–H and O–H groups in total. The minimum Gasteiger partial charge on any atom is -0.394 e. The van der Waals surface area contributed by atoms with Gasteiger partial charge in [0, 0.05) is 6.42 Å². The van der Waals surface area contributed by atoms with Crippen LogP contribution in [0.3, 0.4) is 0 Å². The number of hydrogen-bond acceptors (Lipinski definition) is 8. The summed E-state index contributed by atoms with van der Waals surface area (Å²) in [6.45, 7) is 3.81. The molecule has 9 heteroatoms. The molecule has 9 nitrogen and oxygen atoms in total. The summed E-state index contributed by atoms with van der Waals surface area (Å²) in [6, 6.07) is -0.709. The Morgan fingerprint density at radius 2 is 1.02 bits per heavy atom. The second kappa shape index (κ2) is 31.9. The van der Waals surface area contributed by atoms with E-state index in [1.807, 2.05) is 0 Å². The molecule has 0 aliphatic carbocycles. The number of amides is 1. The summed E-state index contributed by atoms with van der Waals surface area (Å²) in [5, 5.41) is 54.1. The van der Waals surface area contributed by atoms with E-state index in [9.17, 15) is 30.3 Å². The fourth-order valence-corrected chi connectivity index (χ4v) is 6.81. The topological polar surface area (TPSA) is 149 Å². The second-order valence-corrected chi connectivity index (χ2v) is 14.8. The number of carbonyl (C=O) groups is 1. The first kappa shape index (κ1) is 46.2. The van der Waals surface area contributed by atoms with E-state index in [1.54, 1.807) is 0 Å². The van der Waals surface area contributed by atoms with Gasteiger partial charge in [0.15, 0.2) is 6.29 Å². The molecule has 7 atom stereocenters. The number of hydrogen-bond donors (Lipinski definition) is 6. The maximum atomic E-state index is 12.9. The van der Waals surface area contributed by atoms with Crippen molar-refractivity contribution in [1.82, 2.24) is 5.32 Å². The highest BCUT2D eigenvalue weighted by atomic mass is 16.7. The smallest absolute Gasteiger partial charge is 0.220 e. The summed E-state index contributed by atoms with van der Waals surface area (Å²) in [7, 11) is 0. The van der Waals surface area contributed by atoms with Gasteiger partial charge < -0.3 is 40.3 Å². The van der Waals surface area contributed by atoms with Gasteiger partial charge in [-0.25, -0.2) is 0 Å². The van der Waals surface area contributed by atoms with Gasteiger partial charge >= 0.3 is 0 Å². The van der Waals surface area contributed by atoms with E-state index >= 15 is 0 Å². The molecule has 1 amide bonds. The Balaban J connectivity index is 2.36. The van der Waals surface area contributed by atoms with Gasteiger partial charge in [0.1, 0.15) is 24.4 Å². The Morgan fingerprint density at radius 1 is 0.612 bits per heavy atom. The standard InChI is InChI=1S/C40H79NO8/c1-3-5-7-9-11-13-15-16-17-18-19-20-21-23-25-27-29-34(43)33(32-48-40-39(47)38(46)37(45)35(31-42)49-40)41-36(44)30-28-26-24-22-14-12-10-8-6-4-2/h33-35,37-40,42-43,45-47H,3-32H2,1-2H3,(H,41,44). The van der Waals surface area contributed by atoms with E-state index in [2.05, 4.69) is 19.2 Å². The highest BCUT2D eigenvalue weighted by Crippen LogP contribution is 2.23. The largest absolute Gasteiger partial charge is 0.394 e. The number of rotatable bonds is 34. The zero-order chi connectivity index (χ0) is 36.0. The van der Waals surface area contributed by atoms with Crippen molar-refractivity contribution < 1.29 is 39.8 Å². The average molecular weight is 702 g/mol. The monoisotopic (exact) mass is 702 g/mol. The van der Waals surface area contributed by atoms with Crippen LogP contribution in [0.25, 0.3) is 0 Å². The van der Waals surface area contributed by atoms with Crippen molar-refractivity contribution in [1.29, 1.82) is 0 Å². The lowest BCUT2D eigenvalue weighted by Crippen LogP contribution is -2.60. The third-order valence-corrected chi connectivity index (χ3v) is 10.2. The summed E-state index contributed by atoms with van der Waals surface area (Å²) in [4.78, 5) is 12.9. The van der Waals surface area contributed by atoms with Gasteiger partial charge in [0.25, 0.3) is 0 Å². The third-order valence-electron chi connectivity index (χ3n) is 10.2. The summed E-state index contributed by atoms with van der Waals surface area (Å²) in [6.07, 6.45) is 25.4. The third kappa shape index (κ3) is 23.4. The van der Waals surface area contributed by atoms with E-state index < -0.39 is 49.5 Å². The molecule has 292 valence electrons. The van der Waals surface area contributed by atoms with Gasteiger partial charge in [0.05, 0.1) is 25.4 Å². The molecule has 0 bridgehead atoms. The molecule has 1 fully saturated rings. The Kier molecular flexibility index (Phi) is 30.1. The SMILES string of the molecule is CCCCCCCCCCCCCCCCCCC(O)C(COC1OC(CO)C(O)C(O)C1O)NC(=O)CCCCCCCCCCCC. The average Bonchev–Trinajstić information content (AvgIpc) is 3.10. The lowest BCUT2D eigenvalue weighted by molar-refractivity contribution is -0.302. The van der Waals surface area contributed by atoms with E-state index in [0.717, 1.165) is 38.5 Å². The lowest BCUT2D eigenvalue weighted by Gasteiger charge is -2.40. The molecule has 1 rings (SSSR count).